The first kappa shape index (κ1) is 30.0. The van der Waals surface area contributed by atoms with E-state index in [1.165, 1.54) is 60.2 Å². The van der Waals surface area contributed by atoms with E-state index in [9.17, 15) is 0 Å². The lowest BCUT2D eigenvalue weighted by Crippen LogP contribution is -2.10. The van der Waals surface area contributed by atoms with Crippen molar-refractivity contribution in [1.29, 1.82) is 0 Å². The molecule has 0 unspecified atom stereocenters. The predicted molar refractivity (Wildman–Crippen MR) is 221 cm³/mol. The van der Waals surface area contributed by atoms with Crippen molar-refractivity contribution in [2.75, 3.05) is 4.90 Å². The summed E-state index contributed by atoms with van der Waals surface area (Å²) in [6.07, 6.45) is 0. The van der Waals surface area contributed by atoms with E-state index in [2.05, 4.69) is 216 Å². The third-order valence-corrected chi connectivity index (χ3v) is 10.3. The van der Waals surface area contributed by atoms with Gasteiger partial charge in [0.25, 0.3) is 0 Å². The Morgan fingerprint density at radius 1 is 0.327 bits per heavy atom. The first-order valence-electron chi connectivity index (χ1n) is 17.9. The SMILES string of the molecule is c1ccc(-c2ccc(N(c3cccc(-c4cc5ccccc5c5c(-c6ccccc6)c6ccccc6n45)c3)c3ccc4ccccc4c3)cc2)cc1. The van der Waals surface area contributed by atoms with Crippen LogP contribution in [0, 0.1) is 0 Å². The summed E-state index contributed by atoms with van der Waals surface area (Å²) in [6.45, 7) is 0. The molecule has 10 aromatic rings. The molecule has 2 heteroatoms. The molecule has 8 aromatic carbocycles. The number of benzene rings is 8. The maximum Gasteiger partial charge on any atom is 0.0625 e. The second-order valence-corrected chi connectivity index (χ2v) is 13.4. The average Bonchev–Trinajstić information content (AvgIpc) is 3.57. The van der Waals surface area contributed by atoms with Gasteiger partial charge in [0.15, 0.2) is 0 Å². The van der Waals surface area contributed by atoms with Crippen molar-refractivity contribution < 1.29 is 0 Å². The van der Waals surface area contributed by atoms with Crippen molar-refractivity contribution in [1.82, 2.24) is 4.40 Å². The van der Waals surface area contributed by atoms with Crippen LogP contribution in [0.5, 0.6) is 0 Å². The van der Waals surface area contributed by atoms with Crippen molar-refractivity contribution in [3.63, 3.8) is 0 Å². The molecule has 0 bridgehead atoms. The van der Waals surface area contributed by atoms with Crippen LogP contribution >= 0.6 is 0 Å². The van der Waals surface area contributed by atoms with Crippen LogP contribution in [0.2, 0.25) is 0 Å². The maximum atomic E-state index is 2.48. The molecular weight excluding hydrogens is 629 g/mol. The zero-order valence-electron chi connectivity index (χ0n) is 28.5. The van der Waals surface area contributed by atoms with Crippen LogP contribution in [0.25, 0.3) is 71.5 Å². The van der Waals surface area contributed by atoms with E-state index in [-0.39, 0.29) is 0 Å². The van der Waals surface area contributed by atoms with Crippen LogP contribution in [-0.4, -0.2) is 4.40 Å². The Hall–Kier alpha value is -6.90. The predicted octanol–water partition coefficient (Wildman–Crippen LogP) is 13.9. The largest absolute Gasteiger partial charge is 0.310 e. The number of nitrogens with zero attached hydrogens (tertiary/aromatic N) is 2. The Kier molecular flexibility index (Phi) is 7.18. The summed E-state index contributed by atoms with van der Waals surface area (Å²) >= 11 is 0. The molecule has 52 heavy (non-hydrogen) atoms. The first-order valence-corrected chi connectivity index (χ1v) is 17.9. The van der Waals surface area contributed by atoms with Gasteiger partial charge in [-0.2, -0.15) is 0 Å². The molecule has 0 fully saturated rings. The van der Waals surface area contributed by atoms with Gasteiger partial charge in [-0.05, 0) is 81.4 Å². The molecule has 0 saturated carbocycles. The smallest absolute Gasteiger partial charge is 0.0625 e. The third kappa shape index (κ3) is 5.04. The fourth-order valence-corrected chi connectivity index (χ4v) is 7.91. The number of hydrogen-bond donors (Lipinski definition) is 0. The number of para-hydroxylation sites is 1. The summed E-state index contributed by atoms with van der Waals surface area (Å²) in [5, 5.41) is 6.16. The van der Waals surface area contributed by atoms with Crippen LogP contribution in [-0.2, 0) is 0 Å². The van der Waals surface area contributed by atoms with Crippen molar-refractivity contribution in [3.8, 4) is 33.5 Å². The van der Waals surface area contributed by atoms with Gasteiger partial charge in [-0.25, -0.2) is 0 Å². The molecule has 0 atom stereocenters. The van der Waals surface area contributed by atoms with E-state index in [4.69, 9.17) is 0 Å². The summed E-state index contributed by atoms with van der Waals surface area (Å²) in [5.74, 6) is 0. The Balaban J connectivity index is 1.21. The highest BCUT2D eigenvalue weighted by atomic mass is 15.1. The zero-order valence-corrected chi connectivity index (χ0v) is 28.5. The molecule has 0 radical (unpaired) electrons. The molecule has 2 aromatic heterocycles. The third-order valence-electron chi connectivity index (χ3n) is 10.3. The number of anilines is 3. The minimum atomic E-state index is 1.10. The molecule has 2 nitrogen and oxygen atoms in total. The number of hydrogen-bond acceptors (Lipinski definition) is 1. The second-order valence-electron chi connectivity index (χ2n) is 13.4. The second kappa shape index (κ2) is 12.5. The fraction of sp³-hybridized carbons (Fsp3) is 0. The number of aromatic nitrogens is 1. The van der Waals surface area contributed by atoms with Crippen LogP contribution in [0.15, 0.2) is 206 Å². The summed E-state index contributed by atoms with van der Waals surface area (Å²) in [7, 11) is 0. The van der Waals surface area contributed by atoms with Gasteiger partial charge in [-0.3, -0.25) is 0 Å². The van der Waals surface area contributed by atoms with Gasteiger partial charge in [-0.15, -0.1) is 0 Å². The van der Waals surface area contributed by atoms with Crippen LogP contribution in [0.3, 0.4) is 0 Å². The fourth-order valence-electron chi connectivity index (χ4n) is 7.91. The molecule has 2 heterocycles. The number of rotatable bonds is 6. The summed E-state index contributed by atoms with van der Waals surface area (Å²) < 4.78 is 2.48. The van der Waals surface area contributed by atoms with Crippen LogP contribution < -0.4 is 4.90 Å². The zero-order chi connectivity index (χ0) is 34.4. The lowest BCUT2D eigenvalue weighted by Gasteiger charge is -2.27. The van der Waals surface area contributed by atoms with E-state index in [0.717, 1.165) is 28.3 Å². The minimum Gasteiger partial charge on any atom is -0.310 e. The quantitative estimate of drug-likeness (QED) is 0.172. The van der Waals surface area contributed by atoms with Gasteiger partial charge in [0.05, 0.1) is 16.7 Å². The summed E-state index contributed by atoms with van der Waals surface area (Å²) in [6, 6.07) is 74.7. The topological polar surface area (TPSA) is 7.65 Å². The van der Waals surface area contributed by atoms with Gasteiger partial charge >= 0.3 is 0 Å². The van der Waals surface area contributed by atoms with Crippen LogP contribution in [0.1, 0.15) is 0 Å². The monoisotopic (exact) mass is 662 g/mol. The molecule has 0 amide bonds. The minimum absolute atomic E-state index is 1.10. The van der Waals surface area contributed by atoms with Gasteiger partial charge in [-0.1, -0.05) is 158 Å². The Morgan fingerprint density at radius 3 is 1.69 bits per heavy atom. The molecule has 0 aliphatic carbocycles. The molecule has 0 aliphatic rings. The van der Waals surface area contributed by atoms with E-state index >= 15 is 0 Å². The highest BCUT2D eigenvalue weighted by Crippen LogP contribution is 2.44. The molecule has 244 valence electrons. The Morgan fingerprint density at radius 2 is 0.904 bits per heavy atom. The molecule has 0 aliphatic heterocycles. The van der Waals surface area contributed by atoms with E-state index in [1.807, 2.05) is 0 Å². The highest BCUT2D eigenvalue weighted by Gasteiger charge is 2.21. The summed E-state index contributed by atoms with van der Waals surface area (Å²) in [5.41, 5.74) is 13.0. The molecule has 0 spiro atoms. The van der Waals surface area contributed by atoms with Gasteiger partial charge in [0, 0.05) is 39.0 Å². The Labute approximate surface area is 303 Å². The molecule has 10 rings (SSSR count). The van der Waals surface area contributed by atoms with E-state index in [1.54, 1.807) is 0 Å². The molecule has 0 N–H and O–H groups in total. The lowest BCUT2D eigenvalue weighted by atomic mass is 9.99. The van der Waals surface area contributed by atoms with Crippen molar-refractivity contribution in [2.45, 2.75) is 0 Å². The van der Waals surface area contributed by atoms with Gasteiger partial charge in [0.1, 0.15) is 0 Å². The highest BCUT2D eigenvalue weighted by molar-refractivity contribution is 6.16. The van der Waals surface area contributed by atoms with Crippen LogP contribution in [0.4, 0.5) is 17.1 Å². The van der Waals surface area contributed by atoms with E-state index in [0.29, 0.717) is 0 Å². The normalized spacial score (nSPS) is 11.5. The number of pyridine rings is 1. The van der Waals surface area contributed by atoms with Gasteiger partial charge < -0.3 is 9.30 Å². The van der Waals surface area contributed by atoms with Gasteiger partial charge in [0.2, 0.25) is 0 Å². The summed E-state index contributed by atoms with van der Waals surface area (Å²) in [4.78, 5) is 2.38. The van der Waals surface area contributed by atoms with Crippen molar-refractivity contribution >= 4 is 55.0 Å². The Bertz CT molecular complexity index is 2890. The number of fused-ring (bicyclic) bond motifs is 6. The lowest BCUT2D eigenvalue weighted by molar-refractivity contribution is 1.26. The molecular formula is C50H34N2. The van der Waals surface area contributed by atoms with E-state index < -0.39 is 0 Å². The average molecular weight is 663 g/mol. The maximum absolute atomic E-state index is 2.48. The first-order chi connectivity index (χ1) is 25.8. The van der Waals surface area contributed by atoms with Crippen molar-refractivity contribution in [2.24, 2.45) is 0 Å². The molecule has 0 saturated heterocycles. The van der Waals surface area contributed by atoms with Crippen molar-refractivity contribution in [3.05, 3.63) is 206 Å². The standard InChI is InChI=1S/C50H34N2/c1-3-14-35(15-4-1)37-26-29-42(30-27-37)51(44-31-28-36-16-7-8-19-39(36)32-44)43-22-13-21-41(33-43)48-34-40-20-9-10-23-45(40)50-49(38-17-5-2-6-18-38)46-24-11-12-25-47(46)52(48)50/h1-34H.